The molecule has 0 bridgehead atoms. The first-order chi connectivity index (χ1) is 11.2. The van der Waals surface area contributed by atoms with E-state index in [2.05, 4.69) is 4.90 Å². The molecule has 1 saturated carbocycles. The number of amides is 1. The van der Waals surface area contributed by atoms with Gasteiger partial charge in [-0.3, -0.25) is 9.69 Å². The second-order valence-electron chi connectivity index (χ2n) is 6.65. The number of fused-ring (bicyclic) bond motifs is 1. The summed E-state index contributed by atoms with van der Waals surface area (Å²) in [5.74, 6) is 0.881. The lowest BCUT2D eigenvalue weighted by molar-refractivity contribution is 0.0469. The molecule has 2 heterocycles. The number of benzene rings is 1. The number of aliphatic hydroxyl groups is 1. The van der Waals surface area contributed by atoms with E-state index in [0.29, 0.717) is 24.8 Å². The predicted molar refractivity (Wildman–Crippen MR) is 87.3 cm³/mol. The van der Waals surface area contributed by atoms with Crippen LogP contribution in [0.2, 0.25) is 0 Å². The van der Waals surface area contributed by atoms with E-state index in [1.165, 1.54) is 0 Å². The number of carbonyl (C=O) groups excluding carboxylic acids is 1. The Kier molecular flexibility index (Phi) is 3.83. The molecule has 5 heteroatoms. The minimum atomic E-state index is -0.201. The van der Waals surface area contributed by atoms with E-state index in [1.54, 1.807) is 0 Å². The van der Waals surface area contributed by atoms with Crippen molar-refractivity contribution in [2.24, 2.45) is 5.92 Å². The molecule has 2 fully saturated rings. The highest BCUT2D eigenvalue weighted by Gasteiger charge is 2.32. The first-order valence-electron chi connectivity index (χ1n) is 8.39. The van der Waals surface area contributed by atoms with E-state index < -0.39 is 0 Å². The molecule has 1 saturated heterocycles. The molecule has 0 spiro atoms. The summed E-state index contributed by atoms with van der Waals surface area (Å²) < 4.78 is 5.67. The van der Waals surface area contributed by atoms with E-state index in [4.69, 9.17) is 4.42 Å². The maximum atomic E-state index is 12.6. The molecular weight excluding hydrogens is 292 g/mol. The fourth-order valence-corrected chi connectivity index (χ4v) is 3.27. The number of hydrogen-bond acceptors (Lipinski definition) is 4. The molecule has 1 atom stereocenters. The third kappa shape index (κ3) is 3.12. The van der Waals surface area contributed by atoms with Crippen molar-refractivity contribution in [3.8, 4) is 0 Å². The summed E-state index contributed by atoms with van der Waals surface area (Å²) in [5, 5.41) is 11.0. The number of rotatable bonds is 4. The van der Waals surface area contributed by atoms with Crippen LogP contribution in [0.5, 0.6) is 0 Å². The van der Waals surface area contributed by atoms with Gasteiger partial charge in [0.2, 0.25) is 0 Å². The molecule has 1 aromatic carbocycles. The summed E-state index contributed by atoms with van der Waals surface area (Å²) >= 11 is 0. The Morgan fingerprint density at radius 2 is 1.96 bits per heavy atom. The summed E-state index contributed by atoms with van der Waals surface area (Å²) in [6.45, 7) is 3.74. The number of hydrogen-bond donors (Lipinski definition) is 1. The summed E-state index contributed by atoms with van der Waals surface area (Å²) in [6, 6.07) is 9.50. The molecule has 1 aromatic heterocycles. The molecule has 2 aromatic rings. The lowest BCUT2D eigenvalue weighted by Gasteiger charge is -2.35. The van der Waals surface area contributed by atoms with Crippen LogP contribution in [-0.4, -0.2) is 59.6 Å². The largest absolute Gasteiger partial charge is 0.451 e. The maximum Gasteiger partial charge on any atom is 0.289 e. The number of para-hydroxylation sites is 1. The van der Waals surface area contributed by atoms with Crippen LogP contribution in [0, 0.1) is 5.92 Å². The first kappa shape index (κ1) is 14.7. The lowest BCUT2D eigenvalue weighted by atomic mass is 10.2. The normalized spacial score (nSPS) is 20.8. The van der Waals surface area contributed by atoms with Gasteiger partial charge in [-0.1, -0.05) is 18.2 Å². The number of piperazine rings is 1. The molecule has 122 valence electrons. The van der Waals surface area contributed by atoms with Gasteiger partial charge < -0.3 is 14.4 Å². The first-order valence-corrected chi connectivity index (χ1v) is 8.39. The Hall–Kier alpha value is -1.85. The molecule has 5 nitrogen and oxygen atoms in total. The lowest BCUT2D eigenvalue weighted by Crippen LogP contribution is -2.50. The zero-order valence-electron chi connectivity index (χ0n) is 13.1. The second-order valence-corrected chi connectivity index (χ2v) is 6.65. The summed E-state index contributed by atoms with van der Waals surface area (Å²) in [7, 11) is 0. The fraction of sp³-hybridized carbons (Fsp3) is 0.500. The van der Waals surface area contributed by atoms with Gasteiger partial charge in [0.15, 0.2) is 5.76 Å². The molecule has 1 N–H and O–H groups in total. The summed E-state index contributed by atoms with van der Waals surface area (Å²) in [4.78, 5) is 16.7. The highest BCUT2D eigenvalue weighted by Crippen LogP contribution is 2.33. The van der Waals surface area contributed by atoms with Crippen LogP contribution in [0.25, 0.3) is 11.0 Å². The average molecular weight is 314 g/mol. The minimum absolute atomic E-state index is 0.0383. The average Bonchev–Trinajstić information content (AvgIpc) is 3.34. The highest BCUT2D eigenvalue weighted by atomic mass is 16.3. The quantitative estimate of drug-likeness (QED) is 0.937. The number of furan rings is 1. The number of β-amino-alcohol motifs (C(OH)–C–C–N with tert-alkyl or cyclic N) is 1. The molecule has 4 rings (SSSR count). The molecule has 1 aliphatic heterocycles. The minimum Gasteiger partial charge on any atom is -0.451 e. The second kappa shape index (κ2) is 5.98. The van der Waals surface area contributed by atoms with Gasteiger partial charge in [0.05, 0.1) is 6.10 Å². The monoisotopic (exact) mass is 314 g/mol. The number of nitrogens with zero attached hydrogens (tertiary/aromatic N) is 2. The van der Waals surface area contributed by atoms with Crippen LogP contribution in [-0.2, 0) is 0 Å². The predicted octanol–water partition coefficient (Wildman–Crippen LogP) is 1.96. The van der Waals surface area contributed by atoms with Crippen LogP contribution in [0.1, 0.15) is 23.4 Å². The zero-order valence-corrected chi connectivity index (χ0v) is 13.1. The summed E-state index contributed by atoms with van der Waals surface area (Å²) in [5.41, 5.74) is 0.752. The van der Waals surface area contributed by atoms with E-state index in [1.807, 2.05) is 35.2 Å². The SMILES string of the molecule is O=C(c1cc2ccccc2o1)N1CCN(C[C@@H](O)C2CC2)CC1. The van der Waals surface area contributed by atoms with Crippen molar-refractivity contribution in [3.05, 3.63) is 36.1 Å². The molecule has 1 amide bonds. The van der Waals surface area contributed by atoms with Crippen LogP contribution < -0.4 is 0 Å². The van der Waals surface area contributed by atoms with Crippen molar-refractivity contribution < 1.29 is 14.3 Å². The highest BCUT2D eigenvalue weighted by molar-refractivity contribution is 5.96. The van der Waals surface area contributed by atoms with Gasteiger partial charge in [-0.25, -0.2) is 0 Å². The number of carbonyl (C=O) groups is 1. The molecule has 0 unspecified atom stereocenters. The van der Waals surface area contributed by atoms with E-state index >= 15 is 0 Å². The van der Waals surface area contributed by atoms with E-state index in [-0.39, 0.29) is 12.0 Å². The van der Waals surface area contributed by atoms with Crippen LogP contribution in [0.15, 0.2) is 34.7 Å². The van der Waals surface area contributed by atoms with E-state index in [0.717, 1.165) is 43.4 Å². The molecule has 1 aliphatic carbocycles. The van der Waals surface area contributed by atoms with E-state index in [9.17, 15) is 9.90 Å². The standard InChI is InChI=1S/C18H22N2O3/c21-15(13-5-6-13)12-19-7-9-20(10-8-19)18(22)17-11-14-3-1-2-4-16(14)23-17/h1-4,11,13,15,21H,5-10,12H2/t15-/m1/s1. The van der Waals surface area contributed by atoms with Gasteiger partial charge in [0.1, 0.15) is 5.58 Å². The Labute approximate surface area is 135 Å². The van der Waals surface area contributed by atoms with Gasteiger partial charge >= 0.3 is 0 Å². The van der Waals surface area contributed by atoms with Gasteiger partial charge in [-0.15, -0.1) is 0 Å². The Morgan fingerprint density at radius 1 is 1.22 bits per heavy atom. The van der Waals surface area contributed by atoms with Crippen molar-refractivity contribution in [1.29, 1.82) is 0 Å². The van der Waals surface area contributed by atoms with Crippen LogP contribution in [0.4, 0.5) is 0 Å². The smallest absolute Gasteiger partial charge is 0.289 e. The maximum absolute atomic E-state index is 12.6. The number of aliphatic hydroxyl groups excluding tert-OH is 1. The third-order valence-electron chi connectivity index (χ3n) is 4.91. The van der Waals surface area contributed by atoms with Crippen molar-refractivity contribution in [1.82, 2.24) is 9.80 Å². The topological polar surface area (TPSA) is 56.9 Å². The fourth-order valence-electron chi connectivity index (χ4n) is 3.27. The zero-order chi connectivity index (χ0) is 15.8. The van der Waals surface area contributed by atoms with Crippen LogP contribution in [0.3, 0.4) is 0 Å². The van der Waals surface area contributed by atoms with Crippen LogP contribution >= 0.6 is 0 Å². The van der Waals surface area contributed by atoms with Gasteiger partial charge in [0, 0.05) is 38.1 Å². The molecule has 0 radical (unpaired) electrons. The van der Waals surface area contributed by atoms with Crippen molar-refractivity contribution in [2.75, 3.05) is 32.7 Å². The van der Waals surface area contributed by atoms with Gasteiger partial charge in [-0.2, -0.15) is 0 Å². The Morgan fingerprint density at radius 3 is 2.65 bits per heavy atom. The Balaban J connectivity index is 1.36. The van der Waals surface area contributed by atoms with Gasteiger partial charge in [0.25, 0.3) is 5.91 Å². The molecule has 2 aliphatic rings. The van der Waals surface area contributed by atoms with Gasteiger partial charge in [-0.05, 0) is 30.9 Å². The molecular formula is C18H22N2O3. The van der Waals surface area contributed by atoms with Crippen molar-refractivity contribution in [2.45, 2.75) is 18.9 Å². The van der Waals surface area contributed by atoms with Crippen molar-refractivity contribution in [3.63, 3.8) is 0 Å². The molecule has 23 heavy (non-hydrogen) atoms. The third-order valence-corrected chi connectivity index (χ3v) is 4.91. The summed E-state index contributed by atoms with van der Waals surface area (Å²) in [6.07, 6.45) is 2.12. The Bertz CT molecular complexity index is 666. The van der Waals surface area contributed by atoms with Crippen molar-refractivity contribution >= 4 is 16.9 Å².